The van der Waals surface area contributed by atoms with Crippen LogP contribution in [0.1, 0.15) is 11.1 Å². The molecule has 6 heteroatoms. The third-order valence-electron chi connectivity index (χ3n) is 3.04. The molecule has 0 spiro atoms. The molecule has 0 heterocycles. The van der Waals surface area contributed by atoms with Crippen molar-refractivity contribution in [1.82, 2.24) is 0 Å². The second-order valence-electron chi connectivity index (χ2n) is 4.56. The molecule has 0 aliphatic heterocycles. The van der Waals surface area contributed by atoms with Gasteiger partial charge in [-0.2, -0.15) is 0 Å². The van der Waals surface area contributed by atoms with E-state index in [1.165, 1.54) is 18.2 Å². The van der Waals surface area contributed by atoms with Crippen molar-refractivity contribution in [2.24, 2.45) is 0 Å². The van der Waals surface area contributed by atoms with Gasteiger partial charge in [-0.25, -0.2) is 12.8 Å². The molecule has 0 amide bonds. The van der Waals surface area contributed by atoms with Crippen LogP contribution in [-0.4, -0.2) is 8.42 Å². The topological polar surface area (TPSA) is 72.2 Å². The van der Waals surface area contributed by atoms with Crippen LogP contribution >= 0.6 is 0 Å². The zero-order valence-electron chi connectivity index (χ0n) is 11.1. The van der Waals surface area contributed by atoms with Crippen LogP contribution in [0.15, 0.2) is 41.3 Å². The van der Waals surface area contributed by atoms with E-state index >= 15 is 0 Å². The molecular formula is C14H15FN2O2S. The molecule has 0 bridgehead atoms. The highest BCUT2D eigenvalue weighted by Gasteiger charge is 2.19. The molecule has 0 saturated heterocycles. The summed E-state index contributed by atoms with van der Waals surface area (Å²) in [4.78, 5) is -0.405. The van der Waals surface area contributed by atoms with E-state index in [-0.39, 0.29) is 5.69 Å². The minimum absolute atomic E-state index is 0.247. The molecule has 0 saturated carbocycles. The molecule has 2 aromatic carbocycles. The first kappa shape index (κ1) is 14.3. The van der Waals surface area contributed by atoms with Crippen molar-refractivity contribution in [3.8, 4) is 0 Å². The molecule has 0 unspecified atom stereocenters. The van der Waals surface area contributed by atoms with Crippen LogP contribution in [0, 0.1) is 19.7 Å². The average Bonchev–Trinajstić information content (AvgIpc) is 2.36. The largest absolute Gasteiger partial charge is 0.397 e. The maximum absolute atomic E-state index is 13.6. The molecule has 3 N–H and O–H groups in total. The first-order chi connectivity index (χ1) is 9.31. The minimum Gasteiger partial charge on any atom is -0.397 e. The van der Waals surface area contributed by atoms with E-state index in [4.69, 9.17) is 5.73 Å². The van der Waals surface area contributed by atoms with Crippen LogP contribution in [0.3, 0.4) is 0 Å². The van der Waals surface area contributed by atoms with E-state index in [0.717, 1.165) is 17.2 Å². The van der Waals surface area contributed by atoms with Gasteiger partial charge in [-0.1, -0.05) is 12.1 Å². The van der Waals surface area contributed by atoms with Crippen LogP contribution in [0.25, 0.3) is 0 Å². The lowest BCUT2D eigenvalue weighted by Gasteiger charge is -2.13. The van der Waals surface area contributed by atoms with Gasteiger partial charge in [-0.15, -0.1) is 0 Å². The Balaban J connectivity index is 2.44. The molecule has 106 valence electrons. The Hall–Kier alpha value is -2.08. The smallest absolute Gasteiger partial charge is 0.264 e. The Labute approximate surface area is 117 Å². The Morgan fingerprint density at radius 1 is 1.10 bits per heavy atom. The van der Waals surface area contributed by atoms with E-state index in [2.05, 4.69) is 4.72 Å². The third-order valence-corrected chi connectivity index (χ3v) is 4.44. The van der Waals surface area contributed by atoms with Crippen molar-refractivity contribution >= 4 is 21.4 Å². The standard InChI is InChI=1S/C14H15FN2O2S/c1-9-7-12(16)13(8-10(9)2)17-20(18,19)14-6-4-3-5-11(14)15/h3-8,17H,16H2,1-2H3. The average molecular weight is 294 g/mol. The molecule has 4 nitrogen and oxygen atoms in total. The van der Waals surface area contributed by atoms with Gasteiger partial charge in [-0.3, -0.25) is 4.72 Å². The second kappa shape index (κ2) is 5.13. The van der Waals surface area contributed by atoms with Gasteiger partial charge >= 0.3 is 0 Å². The number of nitrogen functional groups attached to an aromatic ring is 1. The molecule has 0 aromatic heterocycles. The van der Waals surface area contributed by atoms with Crippen LogP contribution in [-0.2, 0) is 10.0 Å². The van der Waals surface area contributed by atoms with Crippen LogP contribution < -0.4 is 10.5 Å². The summed E-state index contributed by atoms with van der Waals surface area (Å²) in [6, 6.07) is 8.49. The monoisotopic (exact) mass is 294 g/mol. The van der Waals surface area contributed by atoms with E-state index in [0.29, 0.717) is 5.69 Å². The van der Waals surface area contributed by atoms with Crippen molar-refractivity contribution in [2.45, 2.75) is 18.7 Å². The van der Waals surface area contributed by atoms with Gasteiger partial charge in [0.1, 0.15) is 10.7 Å². The molecule has 0 aliphatic carbocycles. The van der Waals surface area contributed by atoms with Gasteiger partial charge in [0.2, 0.25) is 0 Å². The highest BCUT2D eigenvalue weighted by atomic mass is 32.2. The fourth-order valence-corrected chi connectivity index (χ4v) is 2.95. The number of benzene rings is 2. The number of aryl methyl sites for hydroxylation is 2. The van der Waals surface area contributed by atoms with Gasteiger partial charge in [0.15, 0.2) is 0 Å². The lowest BCUT2D eigenvalue weighted by atomic mass is 10.1. The Morgan fingerprint density at radius 2 is 1.70 bits per heavy atom. The van der Waals surface area contributed by atoms with E-state index in [1.54, 1.807) is 12.1 Å². The first-order valence-corrected chi connectivity index (χ1v) is 7.43. The molecule has 0 atom stereocenters. The fourth-order valence-electron chi connectivity index (χ4n) is 1.79. The highest BCUT2D eigenvalue weighted by Crippen LogP contribution is 2.26. The molecule has 20 heavy (non-hydrogen) atoms. The summed E-state index contributed by atoms with van der Waals surface area (Å²) < 4.78 is 40.2. The van der Waals surface area contributed by atoms with Crippen molar-refractivity contribution in [3.63, 3.8) is 0 Å². The maximum atomic E-state index is 13.6. The van der Waals surface area contributed by atoms with Crippen LogP contribution in [0.2, 0.25) is 0 Å². The van der Waals surface area contributed by atoms with Crippen molar-refractivity contribution in [3.05, 3.63) is 53.3 Å². The van der Waals surface area contributed by atoms with Gasteiger partial charge < -0.3 is 5.73 Å². The second-order valence-corrected chi connectivity index (χ2v) is 6.21. The number of hydrogen-bond donors (Lipinski definition) is 2. The van der Waals surface area contributed by atoms with Crippen molar-refractivity contribution in [2.75, 3.05) is 10.5 Å². The summed E-state index contributed by atoms with van der Waals surface area (Å²) in [6.45, 7) is 3.72. The zero-order valence-corrected chi connectivity index (χ0v) is 12.0. The normalized spacial score (nSPS) is 11.3. The summed E-state index contributed by atoms with van der Waals surface area (Å²) >= 11 is 0. The van der Waals surface area contributed by atoms with E-state index < -0.39 is 20.7 Å². The number of sulfonamides is 1. The van der Waals surface area contributed by atoms with E-state index in [9.17, 15) is 12.8 Å². The molecule has 0 aliphatic rings. The predicted octanol–water partition coefficient (Wildman–Crippen LogP) is 2.83. The van der Waals surface area contributed by atoms with Crippen LogP contribution in [0.5, 0.6) is 0 Å². The Bertz CT molecular complexity index is 758. The zero-order chi connectivity index (χ0) is 14.9. The van der Waals surface area contributed by atoms with Crippen molar-refractivity contribution in [1.29, 1.82) is 0 Å². The summed E-state index contributed by atoms with van der Waals surface area (Å²) in [5.74, 6) is -0.803. The lowest BCUT2D eigenvalue weighted by molar-refractivity contribution is 0.570. The molecule has 2 aromatic rings. The Kier molecular flexibility index (Phi) is 3.67. The summed E-state index contributed by atoms with van der Waals surface area (Å²) in [5, 5.41) is 0. The minimum atomic E-state index is -4.00. The lowest BCUT2D eigenvalue weighted by Crippen LogP contribution is -2.15. The molecule has 2 rings (SSSR count). The van der Waals surface area contributed by atoms with Gasteiger partial charge in [-0.05, 0) is 49.2 Å². The van der Waals surface area contributed by atoms with E-state index in [1.807, 2.05) is 13.8 Å². The van der Waals surface area contributed by atoms with Gasteiger partial charge in [0.05, 0.1) is 11.4 Å². The van der Waals surface area contributed by atoms with Gasteiger partial charge in [0.25, 0.3) is 10.0 Å². The number of anilines is 2. The maximum Gasteiger partial charge on any atom is 0.264 e. The van der Waals surface area contributed by atoms with Gasteiger partial charge in [0, 0.05) is 0 Å². The van der Waals surface area contributed by atoms with Crippen LogP contribution in [0.4, 0.5) is 15.8 Å². The molecule has 0 radical (unpaired) electrons. The number of rotatable bonds is 3. The van der Waals surface area contributed by atoms with Crippen molar-refractivity contribution < 1.29 is 12.8 Å². The molecular weight excluding hydrogens is 279 g/mol. The third kappa shape index (κ3) is 2.75. The quantitative estimate of drug-likeness (QED) is 0.855. The first-order valence-electron chi connectivity index (χ1n) is 5.95. The number of halogens is 1. The number of nitrogens with two attached hydrogens (primary N) is 1. The Morgan fingerprint density at radius 3 is 2.35 bits per heavy atom. The number of nitrogens with one attached hydrogen (secondary N) is 1. The fraction of sp³-hybridized carbons (Fsp3) is 0.143. The predicted molar refractivity (Wildman–Crippen MR) is 77.5 cm³/mol. The summed E-state index contributed by atoms with van der Waals surface area (Å²) in [5.41, 5.74) is 8.19. The SMILES string of the molecule is Cc1cc(N)c(NS(=O)(=O)c2ccccc2F)cc1C. The summed E-state index contributed by atoms with van der Waals surface area (Å²) in [7, 11) is -4.00. The number of hydrogen-bond acceptors (Lipinski definition) is 3. The highest BCUT2D eigenvalue weighted by molar-refractivity contribution is 7.92. The summed E-state index contributed by atoms with van der Waals surface area (Å²) in [6.07, 6.45) is 0. The molecule has 0 fully saturated rings.